The molecule has 1 aromatic carbocycles. The van der Waals surface area contributed by atoms with E-state index >= 15 is 0 Å². The fourth-order valence-electron chi connectivity index (χ4n) is 4.53. The summed E-state index contributed by atoms with van der Waals surface area (Å²) in [5.41, 5.74) is 1.70. The standard InChI is InChI=1S/C20H22ClN3O3/c1-12-11-23(16-9-5-3-7-14(16)21)22-18(12)19(25)24-15-8-4-2-6-13(15)10-17(24)20(26)27/h3,5,7,9,11,13,15,17H,2,4,6,8,10H2,1H3,(H,26,27). The highest BCUT2D eigenvalue weighted by molar-refractivity contribution is 6.32. The number of aliphatic carboxylic acids is 1. The second-order valence-corrected chi connectivity index (χ2v) is 7.88. The van der Waals surface area contributed by atoms with Crippen molar-refractivity contribution in [3.8, 4) is 5.69 Å². The van der Waals surface area contributed by atoms with Gasteiger partial charge in [0, 0.05) is 17.8 Å². The molecule has 2 aliphatic rings. The average molecular weight is 388 g/mol. The van der Waals surface area contributed by atoms with E-state index < -0.39 is 12.0 Å². The molecule has 0 bridgehead atoms. The fraction of sp³-hybridized carbons (Fsp3) is 0.450. The molecule has 142 valence electrons. The molecule has 1 saturated carbocycles. The normalized spacial score (nSPS) is 24.7. The molecule has 1 aliphatic carbocycles. The van der Waals surface area contributed by atoms with E-state index in [2.05, 4.69) is 5.10 Å². The molecule has 1 N–H and O–H groups in total. The summed E-state index contributed by atoms with van der Waals surface area (Å²) in [6.45, 7) is 1.82. The number of amides is 1. The maximum absolute atomic E-state index is 13.3. The lowest BCUT2D eigenvalue weighted by molar-refractivity contribution is -0.141. The molecular formula is C20H22ClN3O3. The number of halogens is 1. The van der Waals surface area contributed by atoms with E-state index in [1.54, 1.807) is 21.8 Å². The van der Waals surface area contributed by atoms with Gasteiger partial charge in [0.05, 0.1) is 10.7 Å². The van der Waals surface area contributed by atoms with Crippen LogP contribution < -0.4 is 0 Å². The number of para-hydroxylation sites is 1. The van der Waals surface area contributed by atoms with Crippen LogP contribution in [0.15, 0.2) is 30.5 Å². The zero-order valence-electron chi connectivity index (χ0n) is 15.1. The first kappa shape index (κ1) is 18.0. The van der Waals surface area contributed by atoms with Gasteiger partial charge in [-0.2, -0.15) is 5.10 Å². The third-order valence-electron chi connectivity index (χ3n) is 5.81. The number of carboxylic acids is 1. The summed E-state index contributed by atoms with van der Waals surface area (Å²) in [6, 6.07) is 6.51. The van der Waals surface area contributed by atoms with E-state index in [1.165, 1.54) is 0 Å². The second kappa shape index (κ2) is 7.00. The van der Waals surface area contributed by atoms with Gasteiger partial charge >= 0.3 is 5.97 Å². The lowest BCUT2D eigenvalue weighted by Gasteiger charge is -2.32. The SMILES string of the molecule is Cc1cn(-c2ccccc2Cl)nc1C(=O)N1C(C(=O)O)CC2CCCCC21. The zero-order valence-corrected chi connectivity index (χ0v) is 15.9. The van der Waals surface area contributed by atoms with Crippen LogP contribution in [-0.4, -0.2) is 43.7 Å². The molecule has 1 aliphatic heterocycles. The molecule has 3 unspecified atom stereocenters. The zero-order chi connectivity index (χ0) is 19.1. The van der Waals surface area contributed by atoms with Crippen LogP contribution in [0.25, 0.3) is 5.69 Å². The van der Waals surface area contributed by atoms with Gasteiger partial charge in [-0.3, -0.25) is 4.79 Å². The Morgan fingerprint density at radius 1 is 1.22 bits per heavy atom. The van der Waals surface area contributed by atoms with E-state index in [4.69, 9.17) is 11.6 Å². The topological polar surface area (TPSA) is 75.4 Å². The number of aryl methyl sites for hydroxylation is 1. The van der Waals surface area contributed by atoms with Gasteiger partial charge < -0.3 is 10.0 Å². The van der Waals surface area contributed by atoms with E-state index in [0.717, 1.165) is 25.7 Å². The quantitative estimate of drug-likeness (QED) is 0.871. The molecule has 6 nitrogen and oxygen atoms in total. The van der Waals surface area contributed by atoms with Gasteiger partial charge in [-0.15, -0.1) is 0 Å². The predicted molar refractivity (Wildman–Crippen MR) is 101 cm³/mol. The Kier molecular flexibility index (Phi) is 4.68. The summed E-state index contributed by atoms with van der Waals surface area (Å²) >= 11 is 6.25. The highest BCUT2D eigenvalue weighted by Crippen LogP contribution is 2.40. The van der Waals surface area contributed by atoms with Gasteiger partial charge in [-0.25, -0.2) is 9.48 Å². The van der Waals surface area contributed by atoms with Gasteiger partial charge in [-0.05, 0) is 44.2 Å². The lowest BCUT2D eigenvalue weighted by atomic mass is 9.84. The smallest absolute Gasteiger partial charge is 0.326 e. The fourth-order valence-corrected chi connectivity index (χ4v) is 4.75. The Balaban J connectivity index is 1.69. The molecule has 1 saturated heterocycles. The Hall–Kier alpha value is -2.34. The van der Waals surface area contributed by atoms with E-state index in [-0.39, 0.29) is 17.9 Å². The molecular weight excluding hydrogens is 366 g/mol. The maximum Gasteiger partial charge on any atom is 0.326 e. The minimum absolute atomic E-state index is 0.00258. The first-order valence-corrected chi connectivity index (χ1v) is 9.72. The molecule has 0 spiro atoms. The summed E-state index contributed by atoms with van der Waals surface area (Å²) in [5, 5.41) is 14.7. The Morgan fingerprint density at radius 2 is 1.96 bits per heavy atom. The molecule has 2 heterocycles. The van der Waals surface area contributed by atoms with Gasteiger partial charge in [-0.1, -0.05) is 36.6 Å². The third kappa shape index (κ3) is 3.12. The van der Waals surface area contributed by atoms with Crippen LogP contribution in [0, 0.1) is 12.8 Å². The predicted octanol–water partition coefficient (Wildman–Crippen LogP) is 3.69. The van der Waals surface area contributed by atoms with Crippen LogP contribution in [0.2, 0.25) is 5.02 Å². The molecule has 3 atom stereocenters. The third-order valence-corrected chi connectivity index (χ3v) is 6.13. The summed E-state index contributed by atoms with van der Waals surface area (Å²) < 4.78 is 1.59. The Labute approximate surface area is 162 Å². The lowest BCUT2D eigenvalue weighted by Crippen LogP contribution is -2.46. The van der Waals surface area contributed by atoms with Crippen molar-refractivity contribution >= 4 is 23.5 Å². The first-order valence-electron chi connectivity index (χ1n) is 9.34. The molecule has 4 rings (SSSR count). The molecule has 2 aromatic rings. The largest absolute Gasteiger partial charge is 0.480 e. The van der Waals surface area contributed by atoms with Crippen molar-refractivity contribution in [2.45, 2.75) is 51.1 Å². The van der Waals surface area contributed by atoms with Gasteiger partial charge in [0.1, 0.15) is 6.04 Å². The number of carbonyl (C=O) groups is 2. The van der Waals surface area contributed by atoms with Gasteiger partial charge in [0.15, 0.2) is 5.69 Å². The monoisotopic (exact) mass is 387 g/mol. The van der Waals surface area contributed by atoms with Crippen molar-refractivity contribution in [3.05, 3.63) is 46.7 Å². The number of nitrogens with zero attached hydrogens (tertiary/aromatic N) is 3. The van der Waals surface area contributed by atoms with Crippen LogP contribution in [0.5, 0.6) is 0 Å². The average Bonchev–Trinajstić information content (AvgIpc) is 3.22. The number of rotatable bonds is 3. The number of likely N-dealkylation sites (tertiary alicyclic amines) is 1. The highest BCUT2D eigenvalue weighted by atomic mass is 35.5. The Morgan fingerprint density at radius 3 is 2.70 bits per heavy atom. The van der Waals surface area contributed by atoms with Crippen molar-refractivity contribution in [1.29, 1.82) is 0 Å². The molecule has 7 heteroatoms. The number of hydrogen-bond acceptors (Lipinski definition) is 3. The van der Waals surface area contributed by atoms with Crippen molar-refractivity contribution in [3.63, 3.8) is 0 Å². The maximum atomic E-state index is 13.3. The summed E-state index contributed by atoms with van der Waals surface area (Å²) in [7, 11) is 0. The van der Waals surface area contributed by atoms with Gasteiger partial charge in [0.25, 0.3) is 5.91 Å². The number of fused-ring (bicyclic) bond motifs is 1. The molecule has 2 fully saturated rings. The summed E-state index contributed by atoms with van der Waals surface area (Å²) in [6.07, 6.45) is 6.30. The van der Waals surface area contributed by atoms with Crippen LogP contribution in [0.3, 0.4) is 0 Å². The van der Waals surface area contributed by atoms with Crippen molar-refractivity contribution < 1.29 is 14.7 Å². The summed E-state index contributed by atoms with van der Waals surface area (Å²) in [4.78, 5) is 26.7. The van der Waals surface area contributed by atoms with Crippen LogP contribution in [-0.2, 0) is 4.79 Å². The minimum atomic E-state index is -0.930. The first-order chi connectivity index (χ1) is 13.0. The van der Waals surface area contributed by atoms with Crippen LogP contribution >= 0.6 is 11.6 Å². The van der Waals surface area contributed by atoms with Crippen molar-refractivity contribution in [1.82, 2.24) is 14.7 Å². The molecule has 1 amide bonds. The van der Waals surface area contributed by atoms with Gasteiger partial charge in [0.2, 0.25) is 0 Å². The molecule has 0 radical (unpaired) electrons. The Bertz CT molecular complexity index is 894. The van der Waals surface area contributed by atoms with Crippen LogP contribution in [0.4, 0.5) is 0 Å². The number of carbonyl (C=O) groups excluding carboxylic acids is 1. The number of carboxylic acid groups (broad SMARTS) is 1. The minimum Gasteiger partial charge on any atom is -0.480 e. The summed E-state index contributed by atoms with van der Waals surface area (Å²) in [5.74, 6) is -0.948. The highest BCUT2D eigenvalue weighted by Gasteiger charge is 2.48. The van der Waals surface area contributed by atoms with E-state index in [9.17, 15) is 14.7 Å². The van der Waals surface area contributed by atoms with Crippen molar-refractivity contribution in [2.75, 3.05) is 0 Å². The second-order valence-electron chi connectivity index (χ2n) is 7.47. The number of aromatic nitrogens is 2. The van der Waals surface area contributed by atoms with Crippen LogP contribution in [0.1, 0.15) is 48.2 Å². The molecule has 1 aromatic heterocycles. The number of hydrogen-bond donors (Lipinski definition) is 1. The molecule has 27 heavy (non-hydrogen) atoms. The van der Waals surface area contributed by atoms with E-state index in [0.29, 0.717) is 28.4 Å². The van der Waals surface area contributed by atoms with E-state index in [1.807, 2.05) is 25.1 Å². The number of benzene rings is 1. The van der Waals surface area contributed by atoms with Crippen molar-refractivity contribution in [2.24, 2.45) is 5.92 Å².